The predicted octanol–water partition coefficient (Wildman–Crippen LogP) is 1.44. The molecule has 104 valence electrons. The van der Waals surface area contributed by atoms with Crippen molar-refractivity contribution in [2.24, 2.45) is 5.92 Å². The highest BCUT2D eigenvalue weighted by atomic mass is 16.5. The van der Waals surface area contributed by atoms with Crippen LogP contribution >= 0.6 is 0 Å². The number of piperidine rings is 1. The maximum Gasteiger partial charge on any atom is 0.306 e. The van der Waals surface area contributed by atoms with E-state index in [0.29, 0.717) is 6.61 Å². The predicted molar refractivity (Wildman–Crippen MR) is 73.1 cm³/mol. The molecule has 0 radical (unpaired) electrons. The minimum absolute atomic E-state index is 0.172. The highest BCUT2D eigenvalue weighted by molar-refractivity contribution is 5.70. The molecule has 19 heavy (non-hydrogen) atoms. The Morgan fingerprint density at radius 2 is 1.95 bits per heavy atom. The molecule has 0 spiro atoms. The second-order valence-corrected chi connectivity index (χ2v) is 4.87. The molecule has 0 bridgehead atoms. The number of rotatable bonds is 5. The quantitative estimate of drug-likeness (QED) is 0.787. The average molecular weight is 264 g/mol. The molecule has 1 saturated heterocycles. The lowest BCUT2D eigenvalue weighted by molar-refractivity contribution is -0.143. The summed E-state index contributed by atoms with van der Waals surface area (Å²) >= 11 is 0. The molecule has 1 aromatic carbocycles. The molecule has 0 atom stereocenters. The zero-order valence-electron chi connectivity index (χ0n) is 10.9. The van der Waals surface area contributed by atoms with Crippen molar-refractivity contribution in [3.8, 4) is 5.75 Å². The molecule has 5 heteroatoms. The van der Waals surface area contributed by atoms with E-state index in [-0.39, 0.29) is 5.92 Å². The number of likely N-dealkylation sites (tertiary alicyclic amines) is 1. The van der Waals surface area contributed by atoms with E-state index in [1.54, 1.807) is 0 Å². The van der Waals surface area contributed by atoms with Crippen LogP contribution in [0.5, 0.6) is 5.75 Å². The molecule has 1 heterocycles. The van der Waals surface area contributed by atoms with Gasteiger partial charge in [0.1, 0.15) is 12.4 Å². The first-order valence-corrected chi connectivity index (χ1v) is 6.58. The summed E-state index contributed by atoms with van der Waals surface area (Å²) < 4.78 is 5.62. The lowest BCUT2D eigenvalue weighted by Gasteiger charge is -2.29. The molecule has 1 aliphatic heterocycles. The van der Waals surface area contributed by atoms with Crippen LogP contribution in [0.25, 0.3) is 0 Å². The fourth-order valence-electron chi connectivity index (χ4n) is 2.26. The van der Waals surface area contributed by atoms with Gasteiger partial charge in [0.15, 0.2) is 0 Å². The standard InChI is InChI=1S/C14H20N2O3/c15-12-1-3-13(4-2-12)19-10-9-16-7-5-11(6-8-16)14(17)18/h1-4,11H,5-10,15H2,(H,17,18). The number of hydrogen-bond acceptors (Lipinski definition) is 4. The lowest BCUT2D eigenvalue weighted by atomic mass is 9.97. The second-order valence-electron chi connectivity index (χ2n) is 4.87. The third-order valence-corrected chi connectivity index (χ3v) is 3.49. The van der Waals surface area contributed by atoms with E-state index >= 15 is 0 Å². The molecule has 0 saturated carbocycles. The Hall–Kier alpha value is -1.75. The summed E-state index contributed by atoms with van der Waals surface area (Å²) in [6.07, 6.45) is 1.47. The van der Waals surface area contributed by atoms with Gasteiger partial charge in [-0.1, -0.05) is 0 Å². The highest BCUT2D eigenvalue weighted by Crippen LogP contribution is 2.17. The summed E-state index contributed by atoms with van der Waals surface area (Å²) in [5.41, 5.74) is 6.32. The van der Waals surface area contributed by atoms with E-state index in [1.165, 1.54) is 0 Å². The van der Waals surface area contributed by atoms with Crippen molar-refractivity contribution in [2.75, 3.05) is 32.0 Å². The summed E-state index contributed by atoms with van der Waals surface area (Å²) in [6.45, 7) is 3.11. The van der Waals surface area contributed by atoms with Crippen LogP contribution in [0.4, 0.5) is 5.69 Å². The molecule has 1 fully saturated rings. The van der Waals surface area contributed by atoms with E-state index in [4.69, 9.17) is 15.6 Å². The Bertz CT molecular complexity index is 411. The molecule has 3 N–H and O–H groups in total. The summed E-state index contributed by atoms with van der Waals surface area (Å²) in [4.78, 5) is 13.1. The third kappa shape index (κ3) is 4.13. The van der Waals surface area contributed by atoms with Crippen molar-refractivity contribution >= 4 is 11.7 Å². The number of hydrogen-bond donors (Lipinski definition) is 2. The topological polar surface area (TPSA) is 75.8 Å². The van der Waals surface area contributed by atoms with Gasteiger partial charge in [-0.2, -0.15) is 0 Å². The van der Waals surface area contributed by atoms with Crippen LogP contribution in [-0.4, -0.2) is 42.2 Å². The van der Waals surface area contributed by atoms with Gasteiger partial charge in [0.05, 0.1) is 5.92 Å². The van der Waals surface area contributed by atoms with Crippen LogP contribution in [0, 0.1) is 5.92 Å². The van der Waals surface area contributed by atoms with Gasteiger partial charge >= 0.3 is 5.97 Å². The number of carbonyl (C=O) groups is 1. The fraction of sp³-hybridized carbons (Fsp3) is 0.500. The summed E-state index contributed by atoms with van der Waals surface area (Å²) in [5, 5.41) is 8.92. The smallest absolute Gasteiger partial charge is 0.306 e. The fourth-order valence-corrected chi connectivity index (χ4v) is 2.26. The Morgan fingerprint density at radius 3 is 2.53 bits per heavy atom. The Kier molecular flexibility index (Phi) is 4.63. The van der Waals surface area contributed by atoms with Crippen molar-refractivity contribution in [1.82, 2.24) is 4.90 Å². The molecular formula is C14H20N2O3. The van der Waals surface area contributed by atoms with Gasteiger partial charge in [-0.05, 0) is 50.2 Å². The van der Waals surface area contributed by atoms with Crippen LogP contribution in [0.15, 0.2) is 24.3 Å². The molecule has 0 amide bonds. The number of ether oxygens (including phenoxy) is 1. The maximum atomic E-state index is 10.8. The summed E-state index contributed by atoms with van der Waals surface area (Å²) in [7, 11) is 0. The van der Waals surface area contributed by atoms with Crippen molar-refractivity contribution in [2.45, 2.75) is 12.8 Å². The summed E-state index contributed by atoms with van der Waals surface area (Å²) in [6, 6.07) is 7.33. The molecule has 2 rings (SSSR count). The van der Waals surface area contributed by atoms with Gasteiger partial charge in [-0.15, -0.1) is 0 Å². The van der Waals surface area contributed by atoms with Crippen LogP contribution < -0.4 is 10.5 Å². The number of carboxylic acids is 1. The van der Waals surface area contributed by atoms with E-state index in [9.17, 15) is 4.79 Å². The number of nitrogens with zero attached hydrogens (tertiary/aromatic N) is 1. The van der Waals surface area contributed by atoms with Crippen LogP contribution in [0.1, 0.15) is 12.8 Å². The van der Waals surface area contributed by atoms with Gasteiger partial charge in [-0.3, -0.25) is 9.69 Å². The van der Waals surface area contributed by atoms with Crippen molar-refractivity contribution < 1.29 is 14.6 Å². The maximum absolute atomic E-state index is 10.8. The highest BCUT2D eigenvalue weighted by Gasteiger charge is 2.23. The Morgan fingerprint density at radius 1 is 1.32 bits per heavy atom. The van der Waals surface area contributed by atoms with Crippen LogP contribution in [-0.2, 0) is 4.79 Å². The van der Waals surface area contributed by atoms with E-state index in [2.05, 4.69) is 4.90 Å². The van der Waals surface area contributed by atoms with Gasteiger partial charge in [-0.25, -0.2) is 0 Å². The monoisotopic (exact) mass is 264 g/mol. The zero-order chi connectivity index (χ0) is 13.7. The molecule has 0 aromatic heterocycles. The van der Waals surface area contributed by atoms with Gasteiger partial charge < -0.3 is 15.6 Å². The minimum Gasteiger partial charge on any atom is -0.492 e. The van der Waals surface area contributed by atoms with Crippen molar-refractivity contribution in [3.05, 3.63) is 24.3 Å². The normalized spacial score (nSPS) is 17.3. The van der Waals surface area contributed by atoms with Crippen molar-refractivity contribution in [1.29, 1.82) is 0 Å². The SMILES string of the molecule is Nc1ccc(OCCN2CCC(C(=O)O)CC2)cc1. The van der Waals surface area contributed by atoms with E-state index in [0.717, 1.165) is 43.9 Å². The summed E-state index contributed by atoms with van der Waals surface area (Å²) in [5.74, 6) is -0.0262. The number of nitrogen functional groups attached to an aromatic ring is 1. The molecule has 5 nitrogen and oxygen atoms in total. The van der Waals surface area contributed by atoms with E-state index in [1.807, 2.05) is 24.3 Å². The second kappa shape index (κ2) is 6.43. The average Bonchev–Trinajstić information content (AvgIpc) is 2.41. The zero-order valence-corrected chi connectivity index (χ0v) is 10.9. The first-order valence-electron chi connectivity index (χ1n) is 6.58. The van der Waals surface area contributed by atoms with Gasteiger partial charge in [0.25, 0.3) is 0 Å². The first-order chi connectivity index (χ1) is 9.15. The molecule has 0 aliphatic carbocycles. The lowest BCUT2D eigenvalue weighted by Crippen LogP contribution is -2.38. The number of benzene rings is 1. The largest absolute Gasteiger partial charge is 0.492 e. The van der Waals surface area contributed by atoms with Crippen LogP contribution in [0.3, 0.4) is 0 Å². The van der Waals surface area contributed by atoms with Crippen molar-refractivity contribution in [3.63, 3.8) is 0 Å². The number of aliphatic carboxylic acids is 1. The number of anilines is 1. The Balaban J connectivity index is 1.67. The molecular weight excluding hydrogens is 244 g/mol. The number of nitrogens with two attached hydrogens (primary N) is 1. The first kappa shape index (κ1) is 13.7. The van der Waals surface area contributed by atoms with Gasteiger partial charge in [0, 0.05) is 12.2 Å². The third-order valence-electron chi connectivity index (χ3n) is 3.49. The van der Waals surface area contributed by atoms with E-state index < -0.39 is 5.97 Å². The Labute approximate surface area is 113 Å². The molecule has 1 aromatic rings. The molecule has 0 unspecified atom stereocenters. The number of carboxylic acid groups (broad SMARTS) is 1. The van der Waals surface area contributed by atoms with Gasteiger partial charge in [0.2, 0.25) is 0 Å². The van der Waals surface area contributed by atoms with Crippen LogP contribution in [0.2, 0.25) is 0 Å². The minimum atomic E-state index is -0.669. The molecule has 1 aliphatic rings.